The summed E-state index contributed by atoms with van der Waals surface area (Å²) in [7, 11) is 0. The third-order valence-corrected chi connectivity index (χ3v) is 3.30. The highest BCUT2D eigenvalue weighted by Gasteiger charge is 2.32. The summed E-state index contributed by atoms with van der Waals surface area (Å²) in [6, 6.07) is 6.83. The highest BCUT2D eigenvalue weighted by Crippen LogP contribution is 2.36. The molecule has 0 radical (unpaired) electrons. The summed E-state index contributed by atoms with van der Waals surface area (Å²) in [4.78, 5) is 11.0. The summed E-state index contributed by atoms with van der Waals surface area (Å²) in [5.41, 5.74) is -1.19. The Hall–Kier alpha value is -1.72. The standard InChI is InChI=1S/C14H7Cl2F3O2/c15-10-1-2-11(12(16)6-10)7-3-8(13(20)21)5-9(4-7)14(17,18)19/h1-6H,(H,20,21). The zero-order chi connectivity index (χ0) is 15.8. The van der Waals surface area contributed by atoms with E-state index in [1.807, 2.05) is 0 Å². The molecule has 110 valence electrons. The minimum Gasteiger partial charge on any atom is -0.478 e. The maximum atomic E-state index is 12.8. The molecule has 7 heteroatoms. The van der Waals surface area contributed by atoms with Gasteiger partial charge < -0.3 is 5.11 Å². The third kappa shape index (κ3) is 3.49. The number of benzene rings is 2. The second kappa shape index (κ2) is 5.58. The molecule has 1 N–H and O–H groups in total. The Morgan fingerprint density at radius 2 is 1.71 bits per heavy atom. The average Bonchev–Trinajstić information content (AvgIpc) is 2.37. The Kier molecular flexibility index (Phi) is 4.16. The van der Waals surface area contributed by atoms with Gasteiger partial charge in [0, 0.05) is 15.6 Å². The molecular formula is C14H7Cl2F3O2. The van der Waals surface area contributed by atoms with Gasteiger partial charge in [-0.25, -0.2) is 4.79 Å². The summed E-state index contributed by atoms with van der Waals surface area (Å²) < 4.78 is 38.5. The molecule has 0 fully saturated rings. The van der Waals surface area contributed by atoms with Crippen LogP contribution < -0.4 is 0 Å². The second-order valence-corrected chi connectivity index (χ2v) is 5.07. The van der Waals surface area contributed by atoms with Gasteiger partial charge in [-0.1, -0.05) is 29.3 Å². The first-order valence-corrected chi connectivity index (χ1v) is 6.35. The number of halogens is 5. The van der Waals surface area contributed by atoms with Crippen LogP contribution in [0.15, 0.2) is 36.4 Å². The van der Waals surface area contributed by atoms with Crippen molar-refractivity contribution in [2.75, 3.05) is 0 Å². The zero-order valence-corrected chi connectivity index (χ0v) is 11.7. The molecule has 0 aromatic heterocycles. The highest BCUT2D eigenvalue weighted by atomic mass is 35.5. The molecular weight excluding hydrogens is 328 g/mol. The van der Waals surface area contributed by atoms with E-state index in [9.17, 15) is 18.0 Å². The van der Waals surface area contributed by atoms with E-state index < -0.39 is 23.3 Å². The van der Waals surface area contributed by atoms with Crippen molar-refractivity contribution in [3.63, 3.8) is 0 Å². The molecule has 0 heterocycles. The Morgan fingerprint density at radius 3 is 2.24 bits per heavy atom. The van der Waals surface area contributed by atoms with Gasteiger partial charge in [0.25, 0.3) is 0 Å². The van der Waals surface area contributed by atoms with Crippen LogP contribution in [-0.2, 0) is 6.18 Å². The van der Waals surface area contributed by atoms with E-state index in [-0.39, 0.29) is 16.1 Å². The lowest BCUT2D eigenvalue weighted by atomic mass is 9.99. The van der Waals surface area contributed by atoms with Gasteiger partial charge in [-0.3, -0.25) is 0 Å². The fourth-order valence-corrected chi connectivity index (χ4v) is 2.31. The number of aromatic carboxylic acids is 1. The van der Waals surface area contributed by atoms with Gasteiger partial charge >= 0.3 is 12.1 Å². The van der Waals surface area contributed by atoms with Crippen molar-refractivity contribution in [2.45, 2.75) is 6.18 Å². The first-order valence-electron chi connectivity index (χ1n) is 5.59. The normalized spacial score (nSPS) is 11.5. The van der Waals surface area contributed by atoms with Crippen molar-refractivity contribution in [1.82, 2.24) is 0 Å². The van der Waals surface area contributed by atoms with Gasteiger partial charge in [0.2, 0.25) is 0 Å². The first kappa shape index (κ1) is 15.7. The van der Waals surface area contributed by atoms with E-state index in [4.69, 9.17) is 28.3 Å². The zero-order valence-electron chi connectivity index (χ0n) is 10.2. The largest absolute Gasteiger partial charge is 0.478 e. The number of carboxylic acid groups (broad SMARTS) is 1. The van der Waals surface area contributed by atoms with Crippen molar-refractivity contribution < 1.29 is 23.1 Å². The van der Waals surface area contributed by atoms with Crippen LogP contribution in [0, 0.1) is 0 Å². The summed E-state index contributed by atoms with van der Waals surface area (Å²) >= 11 is 11.7. The average molecular weight is 335 g/mol. The Labute approximate surface area is 127 Å². The van der Waals surface area contributed by atoms with Gasteiger partial charge in [-0.05, 0) is 35.9 Å². The summed E-state index contributed by atoms with van der Waals surface area (Å²) in [5, 5.41) is 9.40. The lowest BCUT2D eigenvalue weighted by Gasteiger charge is -2.12. The molecule has 21 heavy (non-hydrogen) atoms. The molecule has 2 rings (SSSR count). The van der Waals surface area contributed by atoms with Gasteiger partial charge in [0.15, 0.2) is 0 Å². The van der Waals surface area contributed by atoms with Crippen LogP contribution >= 0.6 is 23.2 Å². The minimum absolute atomic E-state index is 0.0592. The van der Waals surface area contributed by atoms with Crippen LogP contribution in [0.25, 0.3) is 11.1 Å². The highest BCUT2D eigenvalue weighted by molar-refractivity contribution is 6.36. The molecule has 2 aromatic carbocycles. The number of hydrogen-bond donors (Lipinski definition) is 1. The number of carbonyl (C=O) groups is 1. The summed E-state index contributed by atoms with van der Waals surface area (Å²) in [5.74, 6) is -1.45. The fraction of sp³-hybridized carbons (Fsp3) is 0.0714. The fourth-order valence-electron chi connectivity index (χ4n) is 1.79. The van der Waals surface area contributed by atoms with Crippen molar-refractivity contribution in [3.8, 4) is 11.1 Å². The Balaban J connectivity index is 2.68. The molecule has 0 aliphatic carbocycles. The molecule has 0 amide bonds. The van der Waals surface area contributed by atoms with Gasteiger partial charge in [0.1, 0.15) is 0 Å². The molecule has 0 saturated carbocycles. The van der Waals surface area contributed by atoms with Crippen molar-refractivity contribution in [2.24, 2.45) is 0 Å². The summed E-state index contributed by atoms with van der Waals surface area (Å²) in [6.07, 6.45) is -4.65. The maximum Gasteiger partial charge on any atom is 0.416 e. The third-order valence-electron chi connectivity index (χ3n) is 2.75. The predicted molar refractivity (Wildman–Crippen MR) is 73.9 cm³/mol. The van der Waals surface area contributed by atoms with Crippen molar-refractivity contribution >= 4 is 29.2 Å². The molecule has 0 saturated heterocycles. The van der Waals surface area contributed by atoms with Crippen LogP contribution in [0.1, 0.15) is 15.9 Å². The van der Waals surface area contributed by atoms with Gasteiger partial charge in [-0.2, -0.15) is 13.2 Å². The van der Waals surface area contributed by atoms with Crippen molar-refractivity contribution in [3.05, 3.63) is 57.6 Å². The monoisotopic (exact) mass is 334 g/mol. The van der Waals surface area contributed by atoms with Crippen LogP contribution in [0.3, 0.4) is 0 Å². The molecule has 0 aliphatic rings. The minimum atomic E-state index is -4.65. The quantitative estimate of drug-likeness (QED) is 0.800. The Bertz CT molecular complexity index is 712. The summed E-state index contributed by atoms with van der Waals surface area (Å²) in [6.45, 7) is 0. The lowest BCUT2D eigenvalue weighted by molar-refractivity contribution is -0.137. The van der Waals surface area contributed by atoms with Crippen molar-refractivity contribution in [1.29, 1.82) is 0 Å². The molecule has 0 unspecified atom stereocenters. The van der Waals surface area contributed by atoms with E-state index in [0.717, 1.165) is 12.1 Å². The molecule has 2 nitrogen and oxygen atoms in total. The molecule has 0 aliphatic heterocycles. The number of hydrogen-bond acceptors (Lipinski definition) is 1. The van der Waals surface area contributed by atoms with E-state index in [0.29, 0.717) is 11.1 Å². The SMILES string of the molecule is O=C(O)c1cc(-c2ccc(Cl)cc2Cl)cc(C(F)(F)F)c1. The molecule has 2 aromatic rings. The number of rotatable bonds is 2. The molecule has 0 spiro atoms. The van der Waals surface area contributed by atoms with Crippen LogP contribution in [0.2, 0.25) is 10.0 Å². The maximum absolute atomic E-state index is 12.8. The number of carboxylic acids is 1. The first-order chi connectivity index (χ1) is 9.68. The Morgan fingerprint density at radius 1 is 1.05 bits per heavy atom. The predicted octanol–water partition coefficient (Wildman–Crippen LogP) is 5.38. The number of alkyl halides is 3. The van der Waals surface area contributed by atoms with Gasteiger partial charge in [-0.15, -0.1) is 0 Å². The van der Waals surface area contributed by atoms with Crippen LogP contribution in [-0.4, -0.2) is 11.1 Å². The van der Waals surface area contributed by atoms with Crippen LogP contribution in [0.5, 0.6) is 0 Å². The smallest absolute Gasteiger partial charge is 0.416 e. The molecule has 0 bridgehead atoms. The topological polar surface area (TPSA) is 37.3 Å². The van der Waals surface area contributed by atoms with E-state index in [1.165, 1.54) is 18.2 Å². The van der Waals surface area contributed by atoms with Gasteiger partial charge in [0.05, 0.1) is 11.1 Å². The second-order valence-electron chi connectivity index (χ2n) is 4.23. The van der Waals surface area contributed by atoms with E-state index >= 15 is 0 Å². The lowest BCUT2D eigenvalue weighted by Crippen LogP contribution is -2.08. The molecule has 0 atom stereocenters. The van der Waals surface area contributed by atoms with E-state index in [1.54, 1.807) is 0 Å². The van der Waals surface area contributed by atoms with E-state index in [2.05, 4.69) is 0 Å². The van der Waals surface area contributed by atoms with Crippen LogP contribution in [0.4, 0.5) is 13.2 Å².